The fraction of sp³-hybridized carbons (Fsp3) is 0.167. The summed E-state index contributed by atoms with van der Waals surface area (Å²) < 4.78 is 0. The molecule has 1 aromatic rings. The fourth-order valence-corrected chi connectivity index (χ4v) is 1.65. The minimum absolute atomic E-state index is 0.418. The number of nitrogens with zero attached hydrogens (tertiary/aromatic N) is 2. The Morgan fingerprint density at radius 3 is 2.65 bits per heavy atom. The van der Waals surface area contributed by atoms with Crippen molar-refractivity contribution in [2.45, 2.75) is 0 Å². The van der Waals surface area contributed by atoms with Gasteiger partial charge in [0.1, 0.15) is 6.26 Å². The van der Waals surface area contributed by atoms with Crippen LogP contribution in [0.1, 0.15) is 0 Å². The van der Waals surface area contributed by atoms with Crippen LogP contribution >= 0.6 is 0 Å². The van der Waals surface area contributed by atoms with Crippen LogP contribution in [0.25, 0.3) is 0 Å². The summed E-state index contributed by atoms with van der Waals surface area (Å²) in [5.74, 6) is 0.418. The molecule has 1 heterocycles. The van der Waals surface area contributed by atoms with Gasteiger partial charge < -0.3 is 20.3 Å². The van der Waals surface area contributed by atoms with E-state index in [1.807, 2.05) is 37.4 Å². The highest BCUT2D eigenvalue weighted by Gasteiger charge is 2.16. The number of hydroxylamine groups is 2. The van der Waals surface area contributed by atoms with Crippen molar-refractivity contribution in [1.82, 2.24) is 10.5 Å². The molecule has 90 valence electrons. The molecule has 1 N–H and O–H groups in total. The Labute approximate surface area is 100 Å². The van der Waals surface area contributed by atoms with Crippen LogP contribution in [0.15, 0.2) is 54.2 Å². The van der Waals surface area contributed by atoms with Gasteiger partial charge in [-0.1, -0.05) is 18.2 Å². The first-order chi connectivity index (χ1) is 8.24. The zero-order valence-electron chi connectivity index (χ0n) is 9.75. The van der Waals surface area contributed by atoms with Crippen LogP contribution in [-0.4, -0.2) is 19.3 Å². The van der Waals surface area contributed by atoms with Crippen LogP contribution in [0.3, 0.4) is 0 Å². The Morgan fingerprint density at radius 1 is 1.29 bits per heavy atom. The standard InChI is InChI=1S/C12H14N3O2/c1-13-11-8-9-17-15(16)12(11)14(2)10-6-4-3-5-7-10/h3-9,13H,1-2H3/q-1. The van der Waals surface area contributed by atoms with Gasteiger partial charge in [0.2, 0.25) is 0 Å². The van der Waals surface area contributed by atoms with Crippen molar-refractivity contribution < 1.29 is 4.84 Å². The third-order valence-electron chi connectivity index (χ3n) is 2.54. The van der Waals surface area contributed by atoms with E-state index in [0.29, 0.717) is 16.7 Å². The molecule has 0 bridgehead atoms. The molecule has 0 spiro atoms. The number of allylic oxidation sites excluding steroid dienone is 1. The first-order valence-corrected chi connectivity index (χ1v) is 5.25. The van der Waals surface area contributed by atoms with Crippen molar-refractivity contribution in [2.75, 3.05) is 19.0 Å². The Hall–Kier alpha value is -2.14. The predicted molar refractivity (Wildman–Crippen MR) is 66.4 cm³/mol. The molecule has 0 saturated carbocycles. The lowest BCUT2D eigenvalue weighted by Gasteiger charge is -2.38. The van der Waals surface area contributed by atoms with E-state index in [-0.39, 0.29) is 0 Å². The molecule has 0 amide bonds. The molecule has 0 saturated heterocycles. The summed E-state index contributed by atoms with van der Waals surface area (Å²) in [7, 11) is 3.58. The molecule has 5 nitrogen and oxygen atoms in total. The monoisotopic (exact) mass is 232 g/mol. The topological polar surface area (TPSA) is 50.8 Å². The van der Waals surface area contributed by atoms with Gasteiger partial charge in [-0.15, -0.1) is 0 Å². The van der Waals surface area contributed by atoms with Crippen molar-refractivity contribution in [2.24, 2.45) is 0 Å². The van der Waals surface area contributed by atoms with Gasteiger partial charge >= 0.3 is 0 Å². The summed E-state index contributed by atoms with van der Waals surface area (Å²) in [6.45, 7) is 0. The maximum atomic E-state index is 11.7. The van der Waals surface area contributed by atoms with Gasteiger partial charge in [-0.2, -0.15) is 0 Å². The van der Waals surface area contributed by atoms with E-state index in [4.69, 9.17) is 4.84 Å². The zero-order valence-corrected chi connectivity index (χ0v) is 9.75. The zero-order chi connectivity index (χ0) is 12.3. The molecule has 1 aliphatic heterocycles. The van der Waals surface area contributed by atoms with Crippen molar-refractivity contribution >= 4 is 5.69 Å². The van der Waals surface area contributed by atoms with Gasteiger partial charge in [-0.25, -0.2) is 0 Å². The van der Waals surface area contributed by atoms with E-state index in [2.05, 4.69) is 5.32 Å². The van der Waals surface area contributed by atoms with E-state index in [0.717, 1.165) is 5.69 Å². The van der Waals surface area contributed by atoms with Gasteiger partial charge in [-0.05, 0) is 12.1 Å². The molecule has 1 aromatic carbocycles. The smallest absolute Gasteiger partial charge is 0.155 e. The van der Waals surface area contributed by atoms with Crippen LogP contribution in [0.5, 0.6) is 0 Å². The predicted octanol–water partition coefficient (Wildman–Crippen LogP) is 1.77. The normalized spacial score (nSPS) is 14.6. The van der Waals surface area contributed by atoms with Gasteiger partial charge in [0, 0.05) is 25.9 Å². The molecule has 0 atom stereocenters. The summed E-state index contributed by atoms with van der Waals surface area (Å²) >= 11 is 0. The van der Waals surface area contributed by atoms with Crippen LogP contribution in [0.2, 0.25) is 0 Å². The van der Waals surface area contributed by atoms with Crippen molar-refractivity contribution in [3.05, 3.63) is 59.4 Å². The number of benzene rings is 1. The number of hydrogen-bond donors (Lipinski definition) is 1. The summed E-state index contributed by atoms with van der Waals surface area (Å²) in [5, 5.41) is 15.1. The van der Waals surface area contributed by atoms with Crippen LogP contribution in [0.4, 0.5) is 5.69 Å². The lowest BCUT2D eigenvalue weighted by atomic mass is 10.3. The third-order valence-corrected chi connectivity index (χ3v) is 2.54. The molecule has 17 heavy (non-hydrogen) atoms. The van der Waals surface area contributed by atoms with Crippen LogP contribution in [0, 0.1) is 5.21 Å². The first-order valence-electron chi connectivity index (χ1n) is 5.25. The number of hydrogen-bond acceptors (Lipinski definition) is 5. The van der Waals surface area contributed by atoms with E-state index in [1.165, 1.54) is 6.26 Å². The minimum atomic E-state index is 0.418. The molecule has 0 aliphatic carbocycles. The summed E-state index contributed by atoms with van der Waals surface area (Å²) in [4.78, 5) is 6.59. The Bertz CT molecular complexity index is 442. The Kier molecular flexibility index (Phi) is 3.20. The highest BCUT2D eigenvalue weighted by molar-refractivity contribution is 5.52. The number of anilines is 1. The molecule has 0 unspecified atom stereocenters. The van der Waals surface area contributed by atoms with Crippen molar-refractivity contribution in [3.8, 4) is 0 Å². The quantitative estimate of drug-likeness (QED) is 0.860. The third kappa shape index (κ3) is 2.19. The molecular weight excluding hydrogens is 218 g/mol. The molecule has 5 heteroatoms. The highest BCUT2D eigenvalue weighted by Crippen LogP contribution is 2.23. The van der Waals surface area contributed by atoms with Gasteiger partial charge in [0.05, 0.1) is 5.70 Å². The molecular formula is C12H14N3O2-. The SMILES string of the molecule is CNC1=C(N(C)c2ccccc2)N([O-])OC=C1. The fourth-order valence-electron chi connectivity index (χ4n) is 1.65. The molecule has 0 aromatic heterocycles. The number of nitrogens with one attached hydrogen (secondary N) is 1. The number of rotatable bonds is 3. The van der Waals surface area contributed by atoms with E-state index < -0.39 is 0 Å². The molecule has 0 radical (unpaired) electrons. The lowest BCUT2D eigenvalue weighted by Crippen LogP contribution is -2.34. The molecule has 1 aliphatic rings. The highest BCUT2D eigenvalue weighted by atomic mass is 16.9. The van der Waals surface area contributed by atoms with E-state index in [1.54, 1.807) is 18.0 Å². The number of likely N-dealkylation sites (N-methyl/N-ethyl adjacent to an activating group) is 1. The summed E-state index contributed by atoms with van der Waals surface area (Å²) in [5.41, 5.74) is 1.62. The second-order valence-electron chi connectivity index (χ2n) is 3.55. The second kappa shape index (κ2) is 4.80. The first kappa shape index (κ1) is 11.3. The molecule has 0 fully saturated rings. The number of para-hydroxylation sites is 1. The summed E-state index contributed by atoms with van der Waals surface area (Å²) in [6, 6.07) is 9.61. The summed E-state index contributed by atoms with van der Waals surface area (Å²) in [6.07, 6.45) is 3.06. The van der Waals surface area contributed by atoms with Gasteiger partial charge in [0.15, 0.2) is 5.82 Å². The van der Waals surface area contributed by atoms with E-state index in [9.17, 15) is 5.21 Å². The van der Waals surface area contributed by atoms with Crippen molar-refractivity contribution in [1.29, 1.82) is 0 Å². The molecule has 2 rings (SSSR count). The average molecular weight is 232 g/mol. The minimum Gasteiger partial charge on any atom is -0.722 e. The maximum absolute atomic E-state index is 11.7. The lowest BCUT2D eigenvalue weighted by molar-refractivity contribution is -0.0300. The van der Waals surface area contributed by atoms with Gasteiger partial charge in [-0.3, -0.25) is 5.23 Å². The van der Waals surface area contributed by atoms with Crippen LogP contribution in [-0.2, 0) is 4.84 Å². The van der Waals surface area contributed by atoms with E-state index >= 15 is 0 Å². The van der Waals surface area contributed by atoms with Crippen molar-refractivity contribution in [3.63, 3.8) is 0 Å². The van der Waals surface area contributed by atoms with Crippen LogP contribution < -0.4 is 10.2 Å². The Morgan fingerprint density at radius 2 is 2.00 bits per heavy atom. The Balaban J connectivity index is 2.37. The second-order valence-corrected chi connectivity index (χ2v) is 3.55. The largest absolute Gasteiger partial charge is 0.722 e. The van der Waals surface area contributed by atoms with Gasteiger partial charge in [0.25, 0.3) is 0 Å². The average Bonchev–Trinajstić information content (AvgIpc) is 2.38. The maximum Gasteiger partial charge on any atom is 0.155 e.